The third-order valence-corrected chi connectivity index (χ3v) is 4.06. The van der Waals surface area contributed by atoms with Crippen molar-refractivity contribution >= 4 is 0 Å². The van der Waals surface area contributed by atoms with Crippen molar-refractivity contribution in [3.05, 3.63) is 71.5 Å². The van der Waals surface area contributed by atoms with Crippen LogP contribution in [0.2, 0.25) is 0 Å². The van der Waals surface area contributed by atoms with Crippen LogP contribution in [0.5, 0.6) is 0 Å². The van der Waals surface area contributed by atoms with Crippen LogP contribution in [-0.2, 0) is 0 Å². The molecule has 3 rings (SSSR count). The molecule has 19 heavy (non-hydrogen) atoms. The van der Waals surface area contributed by atoms with Gasteiger partial charge in [-0.2, -0.15) is 0 Å². The fourth-order valence-electron chi connectivity index (χ4n) is 2.97. The summed E-state index contributed by atoms with van der Waals surface area (Å²) in [6.07, 6.45) is 1.08. The van der Waals surface area contributed by atoms with Crippen molar-refractivity contribution in [3.63, 3.8) is 0 Å². The molecular weight excluding hydrogens is 239 g/mol. The Labute approximate surface area is 112 Å². The van der Waals surface area contributed by atoms with Crippen LogP contribution in [0.15, 0.2) is 54.6 Å². The highest BCUT2D eigenvalue weighted by Crippen LogP contribution is 2.54. The molecule has 1 aliphatic carbocycles. The molecule has 1 aliphatic rings. The summed E-state index contributed by atoms with van der Waals surface area (Å²) < 4.78 is 13.3. The maximum atomic E-state index is 13.3. The SMILES string of the molecule is OCC(c1cccc(F)c1)C1CC1c1ccccc1. The van der Waals surface area contributed by atoms with Gasteiger partial charge in [0, 0.05) is 5.92 Å². The van der Waals surface area contributed by atoms with Crippen molar-refractivity contribution in [2.24, 2.45) is 5.92 Å². The summed E-state index contributed by atoms with van der Waals surface area (Å²) in [7, 11) is 0. The Bertz CT molecular complexity index is 552. The lowest BCUT2D eigenvalue weighted by molar-refractivity contribution is 0.251. The summed E-state index contributed by atoms with van der Waals surface area (Å²) >= 11 is 0. The van der Waals surface area contributed by atoms with Gasteiger partial charge in [0.05, 0.1) is 6.61 Å². The van der Waals surface area contributed by atoms with Crippen molar-refractivity contribution < 1.29 is 9.50 Å². The lowest BCUT2D eigenvalue weighted by Gasteiger charge is -2.14. The van der Waals surface area contributed by atoms with Crippen LogP contribution in [0.3, 0.4) is 0 Å². The van der Waals surface area contributed by atoms with Crippen molar-refractivity contribution in [3.8, 4) is 0 Å². The van der Waals surface area contributed by atoms with Crippen LogP contribution in [-0.4, -0.2) is 11.7 Å². The molecule has 0 amide bonds. The molecule has 1 N–H and O–H groups in total. The van der Waals surface area contributed by atoms with Crippen LogP contribution in [0.4, 0.5) is 4.39 Å². The predicted octanol–water partition coefficient (Wildman–Crippen LogP) is 3.71. The van der Waals surface area contributed by atoms with Gasteiger partial charge < -0.3 is 5.11 Å². The van der Waals surface area contributed by atoms with Gasteiger partial charge in [0.15, 0.2) is 0 Å². The van der Waals surface area contributed by atoms with Crippen molar-refractivity contribution in [1.29, 1.82) is 0 Å². The van der Waals surface area contributed by atoms with E-state index in [4.69, 9.17) is 0 Å². The first-order valence-corrected chi connectivity index (χ1v) is 6.71. The van der Waals surface area contributed by atoms with Crippen molar-refractivity contribution in [2.75, 3.05) is 6.61 Å². The second-order valence-electron chi connectivity index (χ2n) is 5.26. The Hall–Kier alpha value is -1.67. The smallest absolute Gasteiger partial charge is 0.123 e. The van der Waals surface area contributed by atoms with Crippen LogP contribution < -0.4 is 0 Å². The molecule has 2 aromatic carbocycles. The Morgan fingerprint density at radius 3 is 2.58 bits per heavy atom. The van der Waals surface area contributed by atoms with E-state index < -0.39 is 0 Å². The summed E-state index contributed by atoms with van der Waals surface area (Å²) in [5, 5.41) is 9.62. The summed E-state index contributed by atoms with van der Waals surface area (Å²) in [6.45, 7) is 0.0808. The van der Waals surface area contributed by atoms with E-state index in [1.165, 1.54) is 11.6 Å². The monoisotopic (exact) mass is 256 g/mol. The fraction of sp³-hybridized carbons (Fsp3) is 0.294. The van der Waals surface area contributed by atoms with Crippen LogP contribution in [0, 0.1) is 11.7 Å². The first-order valence-electron chi connectivity index (χ1n) is 6.71. The highest BCUT2D eigenvalue weighted by Gasteiger charge is 2.43. The zero-order valence-corrected chi connectivity index (χ0v) is 10.7. The van der Waals surface area contributed by atoms with Gasteiger partial charge in [-0.05, 0) is 41.5 Å². The number of hydrogen-bond donors (Lipinski definition) is 1. The first-order chi connectivity index (χ1) is 9.29. The molecular formula is C17H17FO. The molecule has 1 fully saturated rings. The molecule has 98 valence electrons. The third-order valence-electron chi connectivity index (χ3n) is 4.06. The topological polar surface area (TPSA) is 20.2 Å². The highest BCUT2D eigenvalue weighted by atomic mass is 19.1. The lowest BCUT2D eigenvalue weighted by atomic mass is 9.92. The molecule has 0 bridgehead atoms. The first kappa shape index (κ1) is 12.4. The Morgan fingerprint density at radius 1 is 1.11 bits per heavy atom. The number of benzene rings is 2. The molecule has 0 spiro atoms. The third kappa shape index (κ3) is 2.54. The van der Waals surface area contributed by atoms with Crippen LogP contribution in [0.1, 0.15) is 29.4 Å². The van der Waals surface area contributed by atoms with Crippen LogP contribution >= 0.6 is 0 Å². The number of aliphatic hydroxyl groups excluding tert-OH is 1. The van der Waals surface area contributed by atoms with E-state index in [-0.39, 0.29) is 18.3 Å². The van der Waals surface area contributed by atoms with E-state index in [9.17, 15) is 9.50 Å². The number of aliphatic hydroxyl groups is 1. The van der Waals surface area contributed by atoms with Gasteiger partial charge in [0.25, 0.3) is 0 Å². The minimum Gasteiger partial charge on any atom is -0.396 e. The summed E-state index contributed by atoms with van der Waals surface area (Å²) in [6, 6.07) is 17.0. The lowest BCUT2D eigenvalue weighted by Crippen LogP contribution is -2.08. The quantitative estimate of drug-likeness (QED) is 0.884. The van der Waals surface area contributed by atoms with Crippen molar-refractivity contribution in [2.45, 2.75) is 18.3 Å². The van der Waals surface area contributed by atoms with E-state index in [1.807, 2.05) is 24.3 Å². The second kappa shape index (κ2) is 5.14. The van der Waals surface area contributed by atoms with Crippen LogP contribution in [0.25, 0.3) is 0 Å². The van der Waals surface area contributed by atoms with E-state index in [2.05, 4.69) is 12.1 Å². The maximum Gasteiger partial charge on any atom is 0.123 e. The average Bonchev–Trinajstić information content (AvgIpc) is 3.21. The molecule has 1 nitrogen and oxygen atoms in total. The van der Waals surface area contributed by atoms with Gasteiger partial charge in [-0.25, -0.2) is 4.39 Å². The number of halogens is 1. The highest BCUT2D eigenvalue weighted by molar-refractivity contribution is 5.31. The minimum absolute atomic E-state index is 0.0425. The molecule has 0 radical (unpaired) electrons. The molecule has 2 heteroatoms. The number of rotatable bonds is 4. The normalized spacial score (nSPS) is 23.1. The summed E-state index contributed by atoms with van der Waals surface area (Å²) in [4.78, 5) is 0. The minimum atomic E-state index is -0.229. The largest absolute Gasteiger partial charge is 0.396 e. The molecule has 3 unspecified atom stereocenters. The van der Waals surface area contributed by atoms with E-state index in [0.29, 0.717) is 11.8 Å². The van der Waals surface area contributed by atoms with Gasteiger partial charge in [-0.1, -0.05) is 42.5 Å². The Morgan fingerprint density at radius 2 is 1.89 bits per heavy atom. The second-order valence-corrected chi connectivity index (χ2v) is 5.26. The molecule has 0 heterocycles. The zero-order valence-electron chi connectivity index (χ0n) is 10.7. The fourth-order valence-corrected chi connectivity index (χ4v) is 2.97. The van der Waals surface area contributed by atoms with Gasteiger partial charge in [0.2, 0.25) is 0 Å². The van der Waals surface area contributed by atoms with Gasteiger partial charge in [-0.15, -0.1) is 0 Å². The predicted molar refractivity (Wildman–Crippen MR) is 73.5 cm³/mol. The van der Waals surface area contributed by atoms with Gasteiger partial charge >= 0.3 is 0 Å². The molecule has 2 aromatic rings. The maximum absolute atomic E-state index is 13.3. The molecule has 1 saturated carbocycles. The Balaban J connectivity index is 1.79. The summed E-state index contributed by atoms with van der Waals surface area (Å²) in [5.41, 5.74) is 2.23. The van der Waals surface area contributed by atoms with E-state index >= 15 is 0 Å². The number of hydrogen-bond acceptors (Lipinski definition) is 1. The van der Waals surface area contributed by atoms with Gasteiger partial charge in [0.1, 0.15) is 5.82 Å². The molecule has 0 aromatic heterocycles. The molecule has 0 saturated heterocycles. The molecule has 3 atom stereocenters. The Kier molecular flexibility index (Phi) is 3.34. The average molecular weight is 256 g/mol. The van der Waals surface area contributed by atoms with Gasteiger partial charge in [-0.3, -0.25) is 0 Å². The zero-order chi connectivity index (χ0) is 13.2. The standard InChI is InChI=1S/C17H17FO/c18-14-8-4-7-13(9-14)17(11-19)16-10-15(16)12-5-2-1-3-6-12/h1-9,15-17,19H,10-11H2. The molecule has 0 aliphatic heterocycles. The van der Waals surface area contributed by atoms with E-state index in [1.54, 1.807) is 12.1 Å². The summed E-state index contributed by atoms with van der Waals surface area (Å²) in [5.74, 6) is 0.740. The van der Waals surface area contributed by atoms with Crippen molar-refractivity contribution in [1.82, 2.24) is 0 Å². The van der Waals surface area contributed by atoms with E-state index in [0.717, 1.165) is 12.0 Å².